The zero-order chi connectivity index (χ0) is 15.5. The van der Waals surface area contributed by atoms with Crippen molar-refractivity contribution in [2.24, 2.45) is 7.05 Å². The van der Waals surface area contributed by atoms with Gasteiger partial charge >= 0.3 is 0 Å². The fraction of sp³-hybridized carbons (Fsp3) is 0.111. The summed E-state index contributed by atoms with van der Waals surface area (Å²) in [6, 6.07) is 18.1. The van der Waals surface area contributed by atoms with Crippen molar-refractivity contribution in [1.29, 1.82) is 5.26 Å². The Morgan fingerprint density at radius 1 is 1.18 bits per heavy atom. The number of nitrogens with one attached hydrogen (secondary N) is 1. The van der Waals surface area contributed by atoms with Gasteiger partial charge < -0.3 is 9.88 Å². The first kappa shape index (κ1) is 13.9. The molecule has 0 fully saturated rings. The lowest BCUT2D eigenvalue weighted by Crippen LogP contribution is -1.98. The van der Waals surface area contributed by atoms with E-state index in [1.54, 1.807) is 6.20 Å². The summed E-state index contributed by atoms with van der Waals surface area (Å²) in [4.78, 5) is 4.54. The molecule has 108 valence electrons. The van der Waals surface area contributed by atoms with Crippen LogP contribution in [0.2, 0.25) is 0 Å². The smallest absolute Gasteiger partial charge is 0.153 e. The molecule has 0 atom stereocenters. The van der Waals surface area contributed by atoms with Gasteiger partial charge in [-0.25, -0.2) is 4.98 Å². The molecule has 4 heteroatoms. The molecule has 1 aromatic heterocycles. The van der Waals surface area contributed by atoms with Gasteiger partial charge in [-0.3, -0.25) is 0 Å². The van der Waals surface area contributed by atoms with Crippen LogP contribution in [0.4, 0.5) is 5.69 Å². The molecule has 0 unspecified atom stereocenters. The summed E-state index contributed by atoms with van der Waals surface area (Å²) in [5, 5.41) is 12.6. The Morgan fingerprint density at radius 3 is 2.59 bits per heavy atom. The first-order chi connectivity index (χ1) is 10.7. The van der Waals surface area contributed by atoms with Crippen LogP contribution < -0.4 is 5.32 Å². The van der Waals surface area contributed by atoms with Crippen LogP contribution in [0, 0.1) is 18.3 Å². The minimum absolute atomic E-state index is 0.499. The Hall–Kier alpha value is -3.06. The van der Waals surface area contributed by atoms with Crippen LogP contribution in [0.5, 0.6) is 0 Å². The van der Waals surface area contributed by atoms with Gasteiger partial charge in [-0.2, -0.15) is 5.26 Å². The van der Waals surface area contributed by atoms with Gasteiger partial charge in [0.15, 0.2) is 5.82 Å². The molecule has 0 bridgehead atoms. The molecule has 0 saturated carbocycles. The van der Waals surface area contributed by atoms with E-state index in [1.165, 1.54) is 5.56 Å². The lowest BCUT2D eigenvalue weighted by molar-refractivity contribution is 0.924. The van der Waals surface area contributed by atoms with Crippen molar-refractivity contribution >= 4 is 22.3 Å². The SMILES string of the molecule is Cc1ccc(NC=C(C#N)c2nc3ccccc3n2C)cc1. The Balaban J connectivity index is 1.95. The van der Waals surface area contributed by atoms with Gasteiger partial charge in [0.1, 0.15) is 11.6 Å². The number of anilines is 1. The summed E-state index contributed by atoms with van der Waals surface area (Å²) in [7, 11) is 1.92. The fourth-order valence-electron chi connectivity index (χ4n) is 2.34. The van der Waals surface area contributed by atoms with Crippen LogP contribution in [-0.2, 0) is 7.05 Å². The number of imidazole rings is 1. The second-order valence-corrected chi connectivity index (χ2v) is 5.16. The molecular weight excluding hydrogens is 272 g/mol. The van der Waals surface area contributed by atoms with Gasteiger partial charge in [0.05, 0.1) is 11.0 Å². The van der Waals surface area contributed by atoms with Gasteiger partial charge in [0.25, 0.3) is 0 Å². The molecule has 1 N–H and O–H groups in total. The van der Waals surface area contributed by atoms with Crippen molar-refractivity contribution < 1.29 is 0 Å². The standard InChI is InChI=1S/C18H16N4/c1-13-7-9-15(10-8-13)20-12-14(11-19)18-21-16-5-3-4-6-17(16)22(18)2/h3-10,12,20H,1-2H3. The van der Waals surface area contributed by atoms with E-state index in [2.05, 4.69) is 16.4 Å². The molecule has 0 amide bonds. The molecular formula is C18H16N4. The highest BCUT2D eigenvalue weighted by molar-refractivity contribution is 5.83. The largest absolute Gasteiger partial charge is 0.360 e. The predicted octanol–water partition coefficient (Wildman–Crippen LogP) is 3.86. The number of fused-ring (bicyclic) bond motifs is 1. The maximum Gasteiger partial charge on any atom is 0.153 e. The van der Waals surface area contributed by atoms with Crippen molar-refractivity contribution in [1.82, 2.24) is 9.55 Å². The van der Waals surface area contributed by atoms with Crippen LogP contribution in [0.3, 0.4) is 0 Å². The first-order valence-electron chi connectivity index (χ1n) is 7.04. The number of nitriles is 1. The number of hydrogen-bond acceptors (Lipinski definition) is 3. The highest BCUT2D eigenvalue weighted by Gasteiger charge is 2.11. The third-order valence-corrected chi connectivity index (χ3v) is 3.58. The molecule has 0 aliphatic carbocycles. The van der Waals surface area contributed by atoms with Crippen molar-refractivity contribution in [3.8, 4) is 6.07 Å². The molecule has 4 nitrogen and oxygen atoms in total. The van der Waals surface area contributed by atoms with E-state index in [0.29, 0.717) is 11.4 Å². The fourth-order valence-corrected chi connectivity index (χ4v) is 2.34. The lowest BCUT2D eigenvalue weighted by Gasteiger charge is -2.04. The van der Waals surface area contributed by atoms with Crippen LogP contribution >= 0.6 is 0 Å². The number of allylic oxidation sites excluding steroid dienone is 1. The lowest BCUT2D eigenvalue weighted by atomic mass is 10.2. The Kier molecular flexibility index (Phi) is 3.63. The maximum absolute atomic E-state index is 9.44. The van der Waals surface area contributed by atoms with Gasteiger partial charge in [-0.05, 0) is 31.2 Å². The van der Waals surface area contributed by atoms with Crippen LogP contribution in [0.15, 0.2) is 54.7 Å². The van der Waals surface area contributed by atoms with E-state index in [9.17, 15) is 5.26 Å². The molecule has 1 heterocycles. The minimum Gasteiger partial charge on any atom is -0.360 e. The van der Waals surface area contributed by atoms with Gasteiger partial charge in [-0.15, -0.1) is 0 Å². The van der Waals surface area contributed by atoms with Crippen molar-refractivity contribution in [3.05, 3.63) is 66.1 Å². The Morgan fingerprint density at radius 2 is 1.91 bits per heavy atom. The molecule has 0 aliphatic heterocycles. The average molecular weight is 288 g/mol. The van der Waals surface area contributed by atoms with Crippen molar-refractivity contribution in [2.45, 2.75) is 6.92 Å². The zero-order valence-corrected chi connectivity index (χ0v) is 12.5. The Labute approximate surface area is 129 Å². The van der Waals surface area contributed by atoms with Gasteiger partial charge in [0.2, 0.25) is 0 Å². The van der Waals surface area contributed by atoms with E-state index in [0.717, 1.165) is 16.7 Å². The van der Waals surface area contributed by atoms with E-state index in [1.807, 2.05) is 67.1 Å². The zero-order valence-electron chi connectivity index (χ0n) is 12.5. The normalized spacial score (nSPS) is 11.4. The monoisotopic (exact) mass is 288 g/mol. The van der Waals surface area contributed by atoms with Gasteiger partial charge in [-0.1, -0.05) is 29.8 Å². The average Bonchev–Trinajstić information content (AvgIpc) is 2.87. The molecule has 0 spiro atoms. The van der Waals surface area contributed by atoms with E-state index in [-0.39, 0.29) is 0 Å². The summed E-state index contributed by atoms with van der Waals surface area (Å²) in [5.41, 5.74) is 4.53. The summed E-state index contributed by atoms with van der Waals surface area (Å²) >= 11 is 0. The number of para-hydroxylation sites is 2. The van der Waals surface area contributed by atoms with E-state index in [4.69, 9.17) is 0 Å². The van der Waals surface area contributed by atoms with Crippen molar-refractivity contribution in [3.63, 3.8) is 0 Å². The van der Waals surface area contributed by atoms with Crippen molar-refractivity contribution in [2.75, 3.05) is 5.32 Å². The van der Waals surface area contributed by atoms with Gasteiger partial charge in [0, 0.05) is 18.9 Å². The third-order valence-electron chi connectivity index (χ3n) is 3.58. The minimum atomic E-state index is 0.499. The molecule has 0 aliphatic rings. The number of hydrogen-bond donors (Lipinski definition) is 1. The van der Waals surface area contributed by atoms with E-state index >= 15 is 0 Å². The Bertz CT molecular complexity index is 880. The highest BCUT2D eigenvalue weighted by Crippen LogP contribution is 2.20. The molecule has 0 saturated heterocycles. The molecule has 3 rings (SSSR count). The number of aromatic nitrogens is 2. The summed E-state index contributed by atoms with van der Waals surface area (Å²) < 4.78 is 1.93. The highest BCUT2D eigenvalue weighted by atomic mass is 15.1. The van der Waals surface area contributed by atoms with Crippen LogP contribution in [0.25, 0.3) is 16.6 Å². The molecule has 22 heavy (non-hydrogen) atoms. The first-order valence-corrected chi connectivity index (χ1v) is 7.04. The van der Waals surface area contributed by atoms with Crippen LogP contribution in [0.1, 0.15) is 11.4 Å². The number of nitrogens with zero attached hydrogens (tertiary/aromatic N) is 3. The summed E-state index contributed by atoms with van der Waals surface area (Å²) in [6.07, 6.45) is 1.70. The third kappa shape index (κ3) is 2.57. The number of rotatable bonds is 3. The van der Waals surface area contributed by atoms with E-state index < -0.39 is 0 Å². The second-order valence-electron chi connectivity index (χ2n) is 5.16. The molecule has 3 aromatic rings. The summed E-state index contributed by atoms with van der Waals surface area (Å²) in [6.45, 7) is 2.04. The number of benzene rings is 2. The topological polar surface area (TPSA) is 53.6 Å². The number of aryl methyl sites for hydroxylation is 2. The predicted molar refractivity (Wildman–Crippen MR) is 89.1 cm³/mol. The summed E-state index contributed by atoms with van der Waals surface area (Å²) in [5.74, 6) is 0.656. The van der Waals surface area contributed by atoms with Crippen LogP contribution in [-0.4, -0.2) is 9.55 Å². The quantitative estimate of drug-likeness (QED) is 0.745. The maximum atomic E-state index is 9.44. The second kappa shape index (κ2) is 5.74. The molecule has 0 radical (unpaired) electrons. The molecule has 2 aromatic carbocycles.